The number of hydrogen-bond acceptors (Lipinski definition) is 2. The Morgan fingerprint density at radius 1 is 1.12 bits per heavy atom. The molecule has 2 aliphatic rings. The van der Waals surface area contributed by atoms with Gasteiger partial charge >= 0.3 is 0 Å². The summed E-state index contributed by atoms with van der Waals surface area (Å²) in [5.41, 5.74) is 1.57. The van der Waals surface area contributed by atoms with Crippen LogP contribution in [-0.2, 0) is 4.79 Å². The van der Waals surface area contributed by atoms with Gasteiger partial charge in [0.15, 0.2) is 0 Å². The number of fused-ring (bicyclic) bond motifs is 1. The number of nitrogens with zero attached hydrogens (tertiary/aromatic N) is 2. The minimum absolute atomic E-state index is 0.245. The fourth-order valence-electron chi connectivity index (χ4n) is 4.18. The topological polar surface area (TPSA) is 49.0 Å². The molecule has 1 N–H and O–H groups in total. The number of hydrogen-bond donors (Lipinski definition) is 1. The molecule has 1 aromatic heterocycles. The maximum Gasteiger partial charge on any atom is 0.225 e. The molecule has 4 nitrogen and oxygen atoms in total. The molecule has 2 aromatic rings. The highest BCUT2D eigenvalue weighted by Gasteiger charge is 2.30. The van der Waals surface area contributed by atoms with Crippen molar-refractivity contribution < 1.29 is 9.18 Å². The molecule has 24 heavy (non-hydrogen) atoms. The maximum atomic E-state index is 13.3. The summed E-state index contributed by atoms with van der Waals surface area (Å²) in [5.74, 6) is 1.63. The number of piperidine rings is 1. The number of likely N-dealkylation sites (tertiary alicyclic amines) is 1. The predicted octanol–water partition coefficient (Wildman–Crippen LogP) is 3.99. The third kappa shape index (κ3) is 3.04. The Hall–Kier alpha value is -1.91. The van der Waals surface area contributed by atoms with Gasteiger partial charge in [0.05, 0.1) is 11.0 Å². The molecule has 2 fully saturated rings. The van der Waals surface area contributed by atoms with Gasteiger partial charge in [-0.1, -0.05) is 19.3 Å². The molecule has 1 saturated carbocycles. The van der Waals surface area contributed by atoms with Gasteiger partial charge in [0.25, 0.3) is 0 Å². The van der Waals surface area contributed by atoms with Crippen LogP contribution in [0.4, 0.5) is 4.39 Å². The Kier molecular flexibility index (Phi) is 4.25. The van der Waals surface area contributed by atoms with Crippen molar-refractivity contribution in [2.45, 2.75) is 50.9 Å². The van der Waals surface area contributed by atoms with Crippen molar-refractivity contribution in [3.8, 4) is 0 Å². The molecular formula is C19H24FN3O. The highest BCUT2D eigenvalue weighted by atomic mass is 19.1. The molecule has 1 amide bonds. The van der Waals surface area contributed by atoms with Crippen LogP contribution in [0, 0.1) is 11.7 Å². The fraction of sp³-hybridized carbons (Fsp3) is 0.579. The Morgan fingerprint density at radius 3 is 2.62 bits per heavy atom. The first-order chi connectivity index (χ1) is 11.7. The zero-order valence-corrected chi connectivity index (χ0v) is 13.9. The van der Waals surface area contributed by atoms with Crippen molar-refractivity contribution in [3.63, 3.8) is 0 Å². The number of nitrogens with one attached hydrogen (secondary N) is 1. The van der Waals surface area contributed by atoms with Gasteiger partial charge in [0.2, 0.25) is 5.91 Å². The fourth-order valence-corrected chi connectivity index (χ4v) is 4.18. The molecular weight excluding hydrogens is 305 g/mol. The highest BCUT2D eigenvalue weighted by Crippen LogP contribution is 2.31. The molecule has 5 heteroatoms. The van der Waals surface area contributed by atoms with E-state index in [0.717, 1.165) is 55.6 Å². The second kappa shape index (κ2) is 6.54. The number of halogens is 1. The zero-order valence-electron chi connectivity index (χ0n) is 13.9. The van der Waals surface area contributed by atoms with Crippen molar-refractivity contribution in [2.75, 3.05) is 13.1 Å². The van der Waals surface area contributed by atoms with E-state index in [1.807, 2.05) is 0 Å². The molecule has 0 radical (unpaired) electrons. The van der Waals surface area contributed by atoms with Crippen LogP contribution in [0.2, 0.25) is 0 Å². The lowest BCUT2D eigenvalue weighted by atomic mass is 9.87. The summed E-state index contributed by atoms with van der Waals surface area (Å²) in [7, 11) is 0. The van der Waals surface area contributed by atoms with Gasteiger partial charge in [-0.05, 0) is 43.9 Å². The number of imidazole rings is 1. The lowest BCUT2D eigenvalue weighted by Gasteiger charge is -2.34. The molecule has 128 valence electrons. The Morgan fingerprint density at radius 2 is 1.88 bits per heavy atom. The highest BCUT2D eigenvalue weighted by molar-refractivity contribution is 5.79. The summed E-state index contributed by atoms with van der Waals surface area (Å²) >= 11 is 0. The molecule has 0 spiro atoms. The standard InChI is InChI=1S/C19H24FN3O/c20-15-6-7-16-17(12-15)22-18(21-16)13-8-10-23(11-9-13)19(24)14-4-2-1-3-5-14/h6-7,12-14H,1-5,8-11H2,(H,21,22). The average molecular weight is 329 g/mol. The smallest absolute Gasteiger partial charge is 0.225 e. The van der Waals surface area contributed by atoms with E-state index >= 15 is 0 Å². The van der Waals surface area contributed by atoms with Crippen LogP contribution >= 0.6 is 0 Å². The van der Waals surface area contributed by atoms with Gasteiger partial charge in [0, 0.05) is 24.9 Å². The zero-order chi connectivity index (χ0) is 16.5. The van der Waals surface area contributed by atoms with E-state index in [0.29, 0.717) is 11.8 Å². The van der Waals surface area contributed by atoms with Crippen molar-refractivity contribution in [3.05, 3.63) is 29.8 Å². The van der Waals surface area contributed by atoms with Gasteiger partial charge in [-0.15, -0.1) is 0 Å². The lowest BCUT2D eigenvalue weighted by molar-refractivity contribution is -0.137. The second-order valence-electron chi connectivity index (χ2n) is 7.22. The Bertz CT molecular complexity index is 727. The maximum absolute atomic E-state index is 13.3. The SMILES string of the molecule is O=C(C1CCCCC1)N1CCC(c2nc3ccc(F)cc3[nH]2)CC1. The molecule has 0 atom stereocenters. The van der Waals surface area contributed by atoms with Crippen molar-refractivity contribution >= 4 is 16.9 Å². The molecule has 4 rings (SSSR count). The third-order valence-corrected chi connectivity index (χ3v) is 5.61. The van der Waals surface area contributed by atoms with E-state index in [4.69, 9.17) is 0 Å². The number of carbonyl (C=O) groups is 1. The monoisotopic (exact) mass is 329 g/mol. The van der Waals surface area contributed by atoms with Gasteiger partial charge in [-0.3, -0.25) is 4.79 Å². The molecule has 1 aliphatic carbocycles. The van der Waals surface area contributed by atoms with Gasteiger partial charge in [-0.2, -0.15) is 0 Å². The van der Waals surface area contributed by atoms with Gasteiger partial charge in [-0.25, -0.2) is 9.37 Å². The second-order valence-corrected chi connectivity index (χ2v) is 7.22. The summed E-state index contributed by atoms with van der Waals surface area (Å²) in [6.45, 7) is 1.62. The average Bonchev–Trinajstić information content (AvgIpc) is 3.05. The number of aromatic nitrogens is 2. The number of benzene rings is 1. The summed E-state index contributed by atoms with van der Waals surface area (Å²) in [4.78, 5) is 22.6. The number of H-pyrrole nitrogens is 1. The van der Waals surface area contributed by atoms with E-state index < -0.39 is 0 Å². The van der Waals surface area contributed by atoms with E-state index in [9.17, 15) is 9.18 Å². The van der Waals surface area contributed by atoms with Crippen LogP contribution in [0.25, 0.3) is 11.0 Å². The largest absolute Gasteiger partial charge is 0.342 e. The molecule has 0 unspecified atom stereocenters. The van der Waals surface area contributed by atoms with E-state index in [1.54, 1.807) is 6.07 Å². The minimum Gasteiger partial charge on any atom is -0.342 e. The van der Waals surface area contributed by atoms with Crippen molar-refractivity contribution in [2.24, 2.45) is 5.92 Å². The molecule has 0 bridgehead atoms. The summed E-state index contributed by atoms with van der Waals surface area (Å²) in [6, 6.07) is 4.65. The number of amides is 1. The van der Waals surface area contributed by atoms with Crippen LogP contribution in [0.15, 0.2) is 18.2 Å². The third-order valence-electron chi connectivity index (χ3n) is 5.61. The Labute approximate surface area is 141 Å². The molecule has 2 heterocycles. The lowest BCUT2D eigenvalue weighted by Crippen LogP contribution is -2.42. The first kappa shape index (κ1) is 15.6. The normalized spacial score (nSPS) is 20.6. The van der Waals surface area contributed by atoms with E-state index in [2.05, 4.69) is 14.9 Å². The Balaban J connectivity index is 1.40. The predicted molar refractivity (Wildman–Crippen MR) is 91.2 cm³/mol. The first-order valence-corrected chi connectivity index (χ1v) is 9.14. The van der Waals surface area contributed by atoms with Crippen LogP contribution in [0.5, 0.6) is 0 Å². The quantitative estimate of drug-likeness (QED) is 0.906. The number of aromatic amines is 1. The van der Waals surface area contributed by atoms with E-state index in [-0.39, 0.29) is 11.7 Å². The summed E-state index contributed by atoms with van der Waals surface area (Å²) in [6.07, 6.45) is 7.66. The first-order valence-electron chi connectivity index (χ1n) is 9.14. The summed E-state index contributed by atoms with van der Waals surface area (Å²) in [5, 5.41) is 0. The summed E-state index contributed by atoms with van der Waals surface area (Å²) < 4.78 is 13.3. The van der Waals surface area contributed by atoms with E-state index in [1.165, 1.54) is 31.4 Å². The van der Waals surface area contributed by atoms with Crippen molar-refractivity contribution in [1.29, 1.82) is 0 Å². The minimum atomic E-state index is -0.245. The number of rotatable bonds is 2. The van der Waals surface area contributed by atoms with Crippen LogP contribution in [-0.4, -0.2) is 33.9 Å². The molecule has 1 aliphatic heterocycles. The van der Waals surface area contributed by atoms with Crippen molar-refractivity contribution in [1.82, 2.24) is 14.9 Å². The van der Waals surface area contributed by atoms with Gasteiger partial charge in [0.1, 0.15) is 11.6 Å². The van der Waals surface area contributed by atoms with Crippen LogP contribution < -0.4 is 0 Å². The van der Waals surface area contributed by atoms with Gasteiger partial charge < -0.3 is 9.88 Å². The molecule has 1 saturated heterocycles. The van der Waals surface area contributed by atoms with Crippen LogP contribution in [0.3, 0.4) is 0 Å². The molecule has 1 aromatic carbocycles. The van der Waals surface area contributed by atoms with Crippen LogP contribution in [0.1, 0.15) is 56.7 Å². The number of carbonyl (C=O) groups excluding carboxylic acids is 1.